The predicted molar refractivity (Wildman–Crippen MR) is 42.0 cm³/mol. The predicted octanol–water partition coefficient (Wildman–Crippen LogP) is 1.46. The average Bonchev–Trinajstić information content (AvgIpc) is 1.94. The second-order valence-electron chi connectivity index (χ2n) is 1.87. The van der Waals surface area contributed by atoms with E-state index in [2.05, 4.69) is 0 Å². The summed E-state index contributed by atoms with van der Waals surface area (Å²) in [6.07, 6.45) is 0. The van der Waals surface area contributed by atoms with Gasteiger partial charge in [0.2, 0.25) is 0 Å². The second kappa shape index (κ2) is 3.30. The van der Waals surface area contributed by atoms with Crippen molar-refractivity contribution in [3.63, 3.8) is 0 Å². The molecule has 1 unspecified atom stereocenters. The van der Waals surface area contributed by atoms with Crippen molar-refractivity contribution in [3.8, 4) is 0 Å². The van der Waals surface area contributed by atoms with E-state index in [0.29, 0.717) is 5.02 Å². The average molecular weight is 194 g/mol. The lowest BCUT2D eigenvalue weighted by Gasteiger charge is -1.97. The lowest BCUT2D eigenvalue weighted by molar-refractivity contribution is 0.595. The zero-order valence-electron chi connectivity index (χ0n) is 5.38. The molecule has 1 aromatic carbocycles. The number of nitrogens with two attached hydrogens (primary N) is 1. The molecule has 0 radical (unpaired) electrons. The van der Waals surface area contributed by atoms with Crippen molar-refractivity contribution in [2.75, 3.05) is 0 Å². The molecule has 0 aliphatic rings. The first kappa shape index (κ1) is 8.64. The standard InChI is InChI=1S/C6H5ClFNOS/c7-4-1-2-5(8)6(3-4)11(9)10/h1-3H,9H2. The molecule has 0 amide bonds. The fraction of sp³-hybridized carbons (Fsp3) is 0. The highest BCUT2D eigenvalue weighted by molar-refractivity contribution is 7.82. The molecule has 1 atom stereocenters. The molecule has 0 heterocycles. The maximum Gasteiger partial charge on any atom is 0.140 e. The summed E-state index contributed by atoms with van der Waals surface area (Å²) < 4.78 is 23.3. The number of hydrogen-bond acceptors (Lipinski definition) is 1. The summed E-state index contributed by atoms with van der Waals surface area (Å²) in [5.41, 5.74) is 0. The molecule has 0 bridgehead atoms. The monoisotopic (exact) mass is 193 g/mol. The van der Waals surface area contributed by atoms with Gasteiger partial charge in [0.1, 0.15) is 16.8 Å². The van der Waals surface area contributed by atoms with Gasteiger partial charge in [-0.15, -0.1) is 0 Å². The molecule has 0 spiro atoms. The number of hydrogen-bond donors (Lipinski definition) is 1. The minimum atomic E-state index is -1.81. The molecule has 1 aromatic rings. The molecular weight excluding hydrogens is 189 g/mol. The Bertz CT molecular complexity index is 305. The highest BCUT2D eigenvalue weighted by atomic mass is 35.5. The Balaban J connectivity index is 3.23. The van der Waals surface area contributed by atoms with Crippen LogP contribution in [0.4, 0.5) is 4.39 Å². The van der Waals surface area contributed by atoms with Crippen molar-refractivity contribution in [1.29, 1.82) is 0 Å². The third kappa shape index (κ3) is 1.99. The Hall–Kier alpha value is -0.450. The van der Waals surface area contributed by atoms with Gasteiger partial charge in [-0.1, -0.05) is 11.6 Å². The van der Waals surface area contributed by atoms with Crippen LogP contribution in [0.15, 0.2) is 23.1 Å². The largest absolute Gasteiger partial charge is 0.247 e. The summed E-state index contributed by atoms with van der Waals surface area (Å²) in [6.45, 7) is 0. The van der Waals surface area contributed by atoms with Crippen molar-refractivity contribution in [1.82, 2.24) is 0 Å². The highest BCUT2D eigenvalue weighted by Crippen LogP contribution is 2.16. The lowest BCUT2D eigenvalue weighted by atomic mass is 10.3. The van der Waals surface area contributed by atoms with Crippen LogP contribution in [0.3, 0.4) is 0 Å². The zero-order chi connectivity index (χ0) is 8.43. The first-order valence-corrected chi connectivity index (χ1v) is 4.31. The van der Waals surface area contributed by atoms with Crippen LogP contribution in [-0.2, 0) is 11.0 Å². The minimum Gasteiger partial charge on any atom is -0.247 e. The Morgan fingerprint density at radius 2 is 2.18 bits per heavy atom. The van der Waals surface area contributed by atoms with Crippen LogP contribution in [0.5, 0.6) is 0 Å². The lowest BCUT2D eigenvalue weighted by Crippen LogP contribution is -2.04. The van der Waals surface area contributed by atoms with Gasteiger partial charge in [0.15, 0.2) is 0 Å². The van der Waals surface area contributed by atoms with Crippen LogP contribution in [0.25, 0.3) is 0 Å². The Morgan fingerprint density at radius 3 is 2.64 bits per heavy atom. The van der Waals surface area contributed by atoms with Crippen LogP contribution >= 0.6 is 11.6 Å². The summed E-state index contributed by atoms with van der Waals surface area (Å²) in [6, 6.07) is 3.74. The van der Waals surface area contributed by atoms with E-state index in [1.54, 1.807) is 0 Å². The molecule has 5 heteroatoms. The third-order valence-corrected chi connectivity index (χ3v) is 2.09. The van der Waals surface area contributed by atoms with Gasteiger partial charge in [-0.05, 0) is 18.2 Å². The first-order chi connectivity index (χ1) is 5.11. The molecule has 1 rings (SSSR count). The molecule has 0 saturated carbocycles. The van der Waals surface area contributed by atoms with Crippen LogP contribution < -0.4 is 5.14 Å². The molecule has 11 heavy (non-hydrogen) atoms. The highest BCUT2D eigenvalue weighted by Gasteiger charge is 2.05. The molecule has 0 saturated heterocycles. The fourth-order valence-electron chi connectivity index (χ4n) is 0.631. The van der Waals surface area contributed by atoms with Crippen LogP contribution in [0.2, 0.25) is 5.02 Å². The quantitative estimate of drug-likeness (QED) is 0.721. The van der Waals surface area contributed by atoms with Crippen LogP contribution in [-0.4, -0.2) is 4.21 Å². The molecule has 60 valence electrons. The minimum absolute atomic E-state index is 0.0718. The fourth-order valence-corrected chi connectivity index (χ4v) is 1.37. The zero-order valence-corrected chi connectivity index (χ0v) is 6.95. The van der Waals surface area contributed by atoms with E-state index in [1.807, 2.05) is 0 Å². The van der Waals surface area contributed by atoms with Crippen molar-refractivity contribution < 1.29 is 8.60 Å². The van der Waals surface area contributed by atoms with Gasteiger partial charge in [0, 0.05) is 5.02 Å². The topological polar surface area (TPSA) is 43.1 Å². The van der Waals surface area contributed by atoms with Gasteiger partial charge in [0.05, 0.1) is 4.90 Å². The van der Waals surface area contributed by atoms with E-state index < -0.39 is 16.8 Å². The van der Waals surface area contributed by atoms with Crippen molar-refractivity contribution in [2.24, 2.45) is 5.14 Å². The van der Waals surface area contributed by atoms with Crippen LogP contribution in [0.1, 0.15) is 0 Å². The molecule has 2 nitrogen and oxygen atoms in total. The van der Waals surface area contributed by atoms with Gasteiger partial charge in [0.25, 0.3) is 0 Å². The summed E-state index contributed by atoms with van der Waals surface area (Å²) in [5.74, 6) is -0.602. The maximum absolute atomic E-state index is 12.7. The van der Waals surface area contributed by atoms with Crippen molar-refractivity contribution >= 4 is 22.6 Å². The van der Waals surface area contributed by atoms with Gasteiger partial charge in [-0.2, -0.15) is 0 Å². The van der Waals surface area contributed by atoms with E-state index in [1.165, 1.54) is 12.1 Å². The molecule has 0 aromatic heterocycles. The van der Waals surface area contributed by atoms with Gasteiger partial charge in [-0.25, -0.2) is 13.7 Å². The first-order valence-electron chi connectivity index (χ1n) is 2.72. The number of benzene rings is 1. The van der Waals surface area contributed by atoms with Gasteiger partial charge >= 0.3 is 0 Å². The Labute approximate surface area is 70.7 Å². The Morgan fingerprint density at radius 1 is 1.55 bits per heavy atom. The summed E-state index contributed by atoms with van der Waals surface area (Å²) in [7, 11) is -1.81. The van der Waals surface area contributed by atoms with Crippen molar-refractivity contribution in [2.45, 2.75) is 4.90 Å². The third-order valence-electron chi connectivity index (χ3n) is 1.11. The number of rotatable bonds is 1. The Kier molecular flexibility index (Phi) is 2.59. The SMILES string of the molecule is NS(=O)c1cc(Cl)ccc1F. The molecule has 0 aliphatic heterocycles. The molecule has 2 N–H and O–H groups in total. The second-order valence-corrected chi connectivity index (χ2v) is 3.34. The summed E-state index contributed by atoms with van der Waals surface area (Å²) >= 11 is 5.50. The van der Waals surface area contributed by atoms with Crippen molar-refractivity contribution in [3.05, 3.63) is 29.0 Å². The van der Waals surface area contributed by atoms with E-state index in [-0.39, 0.29) is 4.90 Å². The summed E-state index contributed by atoms with van der Waals surface area (Å²) in [5, 5.41) is 5.28. The molecule has 0 fully saturated rings. The normalized spacial score (nSPS) is 13.0. The molecule has 0 aliphatic carbocycles. The number of halogens is 2. The van der Waals surface area contributed by atoms with Gasteiger partial charge in [-0.3, -0.25) is 0 Å². The van der Waals surface area contributed by atoms with Gasteiger partial charge < -0.3 is 0 Å². The van der Waals surface area contributed by atoms with E-state index in [9.17, 15) is 8.60 Å². The maximum atomic E-state index is 12.7. The van der Waals surface area contributed by atoms with E-state index >= 15 is 0 Å². The summed E-state index contributed by atoms with van der Waals surface area (Å²) in [4.78, 5) is -0.0718. The van der Waals surface area contributed by atoms with E-state index in [0.717, 1.165) is 6.07 Å². The smallest absolute Gasteiger partial charge is 0.140 e. The van der Waals surface area contributed by atoms with Crippen LogP contribution in [0, 0.1) is 5.82 Å². The van der Waals surface area contributed by atoms with E-state index in [4.69, 9.17) is 16.7 Å². The molecular formula is C6H5ClFNOS.